The van der Waals surface area contributed by atoms with E-state index < -0.39 is 17.6 Å². The summed E-state index contributed by atoms with van der Waals surface area (Å²) in [6, 6.07) is 15.0. The molecule has 0 fully saturated rings. The Labute approximate surface area is 174 Å². The number of aromatic nitrogens is 1. The molecule has 0 aliphatic carbocycles. The van der Waals surface area contributed by atoms with Gasteiger partial charge in [-0.15, -0.1) is 0 Å². The van der Waals surface area contributed by atoms with Crippen molar-refractivity contribution >= 4 is 29.0 Å². The zero-order valence-corrected chi connectivity index (χ0v) is 16.1. The van der Waals surface area contributed by atoms with Crippen LogP contribution in [0.4, 0.5) is 18.9 Å². The molecule has 154 valence electrons. The molecule has 0 atom stereocenters. The van der Waals surface area contributed by atoms with E-state index in [-0.39, 0.29) is 29.1 Å². The number of rotatable bonds is 4. The molecule has 2 aromatic carbocycles. The number of hydrogen-bond acceptors (Lipinski definition) is 3. The van der Waals surface area contributed by atoms with E-state index in [1.54, 1.807) is 6.07 Å². The molecule has 0 unspecified atom stereocenters. The maximum Gasteiger partial charge on any atom is 0.416 e. The van der Waals surface area contributed by atoms with Crippen LogP contribution in [0.3, 0.4) is 0 Å². The minimum Gasteiger partial charge on any atom is -0.326 e. The summed E-state index contributed by atoms with van der Waals surface area (Å²) in [5.74, 6) is -0.452. The quantitative estimate of drug-likeness (QED) is 0.460. The summed E-state index contributed by atoms with van der Waals surface area (Å²) in [5.41, 5.74) is -0.480. The Kier molecular flexibility index (Phi) is 6.37. The van der Waals surface area contributed by atoms with Gasteiger partial charge < -0.3 is 10.3 Å². The van der Waals surface area contributed by atoms with Gasteiger partial charge in [0.05, 0.1) is 11.3 Å². The first-order chi connectivity index (χ1) is 14.2. The number of aromatic amines is 1. The average Bonchev–Trinajstić information content (AvgIpc) is 2.68. The van der Waals surface area contributed by atoms with Crippen molar-refractivity contribution in [3.05, 3.63) is 98.9 Å². The third-order valence-corrected chi connectivity index (χ3v) is 4.24. The van der Waals surface area contributed by atoms with Crippen molar-refractivity contribution in [3.63, 3.8) is 0 Å². The van der Waals surface area contributed by atoms with E-state index in [9.17, 15) is 22.8 Å². The fourth-order valence-corrected chi connectivity index (χ4v) is 2.73. The van der Waals surface area contributed by atoms with Crippen LogP contribution in [-0.4, -0.2) is 16.7 Å². The lowest BCUT2D eigenvalue weighted by Gasteiger charge is -2.11. The van der Waals surface area contributed by atoms with Crippen LogP contribution < -0.4 is 10.9 Å². The smallest absolute Gasteiger partial charge is 0.326 e. The lowest BCUT2D eigenvalue weighted by atomic mass is 10.2. The summed E-state index contributed by atoms with van der Waals surface area (Å²) in [5, 5.41) is 3.04. The largest absolute Gasteiger partial charge is 0.416 e. The number of amidine groups is 1. The normalized spacial score (nSPS) is 11.9. The van der Waals surface area contributed by atoms with Crippen molar-refractivity contribution in [1.29, 1.82) is 0 Å². The molecule has 1 aromatic heterocycles. The van der Waals surface area contributed by atoms with Crippen LogP contribution in [0.5, 0.6) is 0 Å². The average molecular weight is 434 g/mol. The molecule has 3 aromatic rings. The molecule has 0 spiro atoms. The molecule has 9 heteroatoms. The maximum absolute atomic E-state index is 13.0. The number of amides is 1. The second kappa shape index (κ2) is 8.96. The van der Waals surface area contributed by atoms with Gasteiger partial charge in [0.15, 0.2) is 0 Å². The summed E-state index contributed by atoms with van der Waals surface area (Å²) in [7, 11) is 0. The van der Waals surface area contributed by atoms with E-state index in [0.29, 0.717) is 10.7 Å². The van der Waals surface area contributed by atoms with Gasteiger partial charge in [0.25, 0.3) is 5.91 Å². The summed E-state index contributed by atoms with van der Waals surface area (Å²) >= 11 is 5.82. The summed E-state index contributed by atoms with van der Waals surface area (Å²) in [6.07, 6.45) is -4.53. The van der Waals surface area contributed by atoms with Gasteiger partial charge in [-0.1, -0.05) is 23.7 Å². The zero-order chi connectivity index (χ0) is 21.7. The summed E-state index contributed by atoms with van der Waals surface area (Å²) < 4.78 is 39.0. The van der Waals surface area contributed by atoms with Gasteiger partial charge >= 0.3 is 6.18 Å². The molecule has 1 heterocycles. The predicted octanol–water partition coefficient (Wildman–Crippen LogP) is 4.75. The molecule has 0 saturated carbocycles. The summed E-state index contributed by atoms with van der Waals surface area (Å²) in [4.78, 5) is 30.9. The molecule has 0 aliphatic heterocycles. The van der Waals surface area contributed by atoms with E-state index in [2.05, 4.69) is 15.3 Å². The highest BCUT2D eigenvalue weighted by molar-refractivity contribution is 6.30. The minimum absolute atomic E-state index is 0.00828. The highest BCUT2D eigenvalue weighted by atomic mass is 35.5. The molecule has 0 bridgehead atoms. The van der Waals surface area contributed by atoms with Crippen LogP contribution >= 0.6 is 11.6 Å². The van der Waals surface area contributed by atoms with Crippen molar-refractivity contribution in [2.45, 2.75) is 12.6 Å². The molecule has 0 saturated heterocycles. The lowest BCUT2D eigenvalue weighted by molar-refractivity contribution is -0.137. The SMILES string of the molecule is O=C(NC(Cc1cccc(=O)[nH]1)=Nc1cccc(C(F)(F)F)c1)c1ccc(Cl)cc1. The van der Waals surface area contributed by atoms with Gasteiger partial charge in [0, 0.05) is 28.8 Å². The Hall–Kier alpha value is -3.39. The van der Waals surface area contributed by atoms with Gasteiger partial charge in [-0.05, 0) is 48.5 Å². The maximum atomic E-state index is 13.0. The first-order valence-corrected chi connectivity index (χ1v) is 9.08. The van der Waals surface area contributed by atoms with Crippen LogP contribution in [0.1, 0.15) is 21.6 Å². The molecule has 5 nitrogen and oxygen atoms in total. The number of pyridine rings is 1. The number of halogens is 4. The standard InChI is InChI=1S/C21H15ClF3N3O2/c22-15-9-7-13(8-10-15)20(30)28-18(12-17-5-2-6-19(29)27-17)26-16-4-1-3-14(11-16)21(23,24)25/h1-11H,12H2,(H,27,29)(H,26,28,30). The number of carbonyl (C=O) groups is 1. The van der Waals surface area contributed by atoms with Crippen LogP contribution in [0.15, 0.2) is 76.5 Å². The fraction of sp³-hybridized carbons (Fsp3) is 0.0952. The first kappa shape index (κ1) is 21.3. The van der Waals surface area contributed by atoms with Crippen LogP contribution in [0, 0.1) is 0 Å². The van der Waals surface area contributed by atoms with Crippen molar-refractivity contribution in [2.75, 3.05) is 0 Å². The fourth-order valence-electron chi connectivity index (χ4n) is 2.60. The topological polar surface area (TPSA) is 74.3 Å². The highest BCUT2D eigenvalue weighted by Gasteiger charge is 2.30. The van der Waals surface area contributed by atoms with Crippen LogP contribution in [-0.2, 0) is 12.6 Å². The van der Waals surface area contributed by atoms with E-state index in [0.717, 1.165) is 12.1 Å². The molecule has 0 aliphatic rings. The molecular formula is C21H15ClF3N3O2. The van der Waals surface area contributed by atoms with Crippen molar-refractivity contribution < 1.29 is 18.0 Å². The van der Waals surface area contributed by atoms with Gasteiger partial charge in [-0.2, -0.15) is 13.2 Å². The van der Waals surface area contributed by atoms with Crippen molar-refractivity contribution in [1.82, 2.24) is 10.3 Å². The number of nitrogens with one attached hydrogen (secondary N) is 2. The van der Waals surface area contributed by atoms with E-state index >= 15 is 0 Å². The number of alkyl halides is 3. The predicted molar refractivity (Wildman–Crippen MR) is 108 cm³/mol. The number of nitrogens with zero attached hydrogens (tertiary/aromatic N) is 1. The van der Waals surface area contributed by atoms with Crippen molar-refractivity contribution in [3.8, 4) is 0 Å². The summed E-state index contributed by atoms with van der Waals surface area (Å²) in [6.45, 7) is 0. The molecule has 3 rings (SSSR count). The second-order valence-corrected chi connectivity index (χ2v) is 6.72. The molecule has 2 N–H and O–H groups in total. The van der Waals surface area contributed by atoms with Gasteiger partial charge in [0.1, 0.15) is 5.84 Å². The Morgan fingerprint density at radius 3 is 2.40 bits per heavy atom. The van der Waals surface area contributed by atoms with Gasteiger partial charge in [-0.25, -0.2) is 4.99 Å². The minimum atomic E-state index is -4.52. The first-order valence-electron chi connectivity index (χ1n) is 8.71. The van der Waals surface area contributed by atoms with Crippen LogP contribution in [0.25, 0.3) is 0 Å². The highest BCUT2D eigenvalue weighted by Crippen LogP contribution is 2.31. The zero-order valence-electron chi connectivity index (χ0n) is 15.3. The Bertz CT molecular complexity index is 1140. The van der Waals surface area contributed by atoms with Crippen molar-refractivity contribution in [2.24, 2.45) is 4.99 Å². The Balaban J connectivity index is 1.94. The molecular weight excluding hydrogens is 419 g/mol. The number of aliphatic imine (C=N–C) groups is 1. The third kappa shape index (κ3) is 5.81. The number of benzene rings is 2. The van der Waals surface area contributed by atoms with E-state index in [1.165, 1.54) is 48.5 Å². The lowest BCUT2D eigenvalue weighted by Crippen LogP contribution is -2.32. The molecule has 0 radical (unpaired) electrons. The number of hydrogen-bond donors (Lipinski definition) is 2. The Morgan fingerprint density at radius 2 is 1.73 bits per heavy atom. The van der Waals surface area contributed by atoms with E-state index in [1.807, 2.05) is 0 Å². The number of H-pyrrole nitrogens is 1. The third-order valence-electron chi connectivity index (χ3n) is 3.99. The monoisotopic (exact) mass is 433 g/mol. The molecule has 30 heavy (non-hydrogen) atoms. The second-order valence-electron chi connectivity index (χ2n) is 6.28. The van der Waals surface area contributed by atoms with E-state index in [4.69, 9.17) is 11.6 Å². The Morgan fingerprint density at radius 1 is 1.03 bits per heavy atom. The number of carbonyl (C=O) groups excluding carboxylic acids is 1. The van der Waals surface area contributed by atoms with Crippen LogP contribution in [0.2, 0.25) is 5.02 Å². The van der Waals surface area contributed by atoms with Gasteiger partial charge in [0.2, 0.25) is 5.56 Å². The molecule has 1 amide bonds. The van der Waals surface area contributed by atoms with Gasteiger partial charge in [-0.3, -0.25) is 9.59 Å².